The van der Waals surface area contributed by atoms with Crippen molar-refractivity contribution in [3.05, 3.63) is 69.1 Å². The molecule has 2 aromatic rings. The molecule has 7 heteroatoms. The fourth-order valence-corrected chi connectivity index (χ4v) is 2.38. The molecule has 0 bridgehead atoms. The molecule has 0 radical (unpaired) electrons. The molecule has 0 aliphatic rings. The maximum atomic E-state index is 12.7. The Morgan fingerprint density at radius 2 is 1.84 bits per heavy atom. The Morgan fingerprint density at radius 3 is 2.44 bits per heavy atom. The van der Waals surface area contributed by atoms with Crippen LogP contribution in [0.1, 0.15) is 35.2 Å². The van der Waals surface area contributed by atoms with E-state index in [0.29, 0.717) is 12.3 Å². The number of nitrogens with zero attached hydrogens (tertiary/aromatic N) is 1. The fraction of sp³-hybridized carbons (Fsp3) is 0.333. The first-order valence-electron chi connectivity index (χ1n) is 7.72. The van der Waals surface area contributed by atoms with E-state index in [4.69, 9.17) is 0 Å². The van der Waals surface area contributed by atoms with Crippen molar-refractivity contribution in [2.24, 2.45) is 0 Å². The van der Waals surface area contributed by atoms with E-state index in [-0.39, 0.29) is 6.04 Å². The van der Waals surface area contributed by atoms with E-state index in [1.54, 1.807) is 6.92 Å². The first-order valence-corrected chi connectivity index (χ1v) is 7.72. The summed E-state index contributed by atoms with van der Waals surface area (Å²) in [5.74, 6) is -0.535. The molecule has 1 amide bonds. The first-order chi connectivity index (χ1) is 11.6. The van der Waals surface area contributed by atoms with Crippen LogP contribution in [-0.2, 0) is 17.5 Å². The summed E-state index contributed by atoms with van der Waals surface area (Å²) in [5.41, 5.74) is 1.45. The van der Waals surface area contributed by atoms with Gasteiger partial charge in [0.15, 0.2) is 0 Å². The molecule has 1 atom stereocenters. The van der Waals surface area contributed by atoms with Gasteiger partial charge in [0.1, 0.15) is 6.54 Å². The lowest BCUT2D eigenvalue weighted by Crippen LogP contribution is -2.34. The summed E-state index contributed by atoms with van der Waals surface area (Å²) >= 11 is 0. The molecule has 2 rings (SSSR count). The van der Waals surface area contributed by atoms with Crippen LogP contribution in [0.4, 0.5) is 13.2 Å². The number of carbonyl (C=O) groups is 1. The fourth-order valence-electron chi connectivity index (χ4n) is 2.38. The highest BCUT2D eigenvalue weighted by molar-refractivity contribution is 5.76. The van der Waals surface area contributed by atoms with E-state index < -0.39 is 29.8 Å². The smallest absolute Gasteiger partial charge is 0.348 e. The second-order valence-corrected chi connectivity index (χ2v) is 6.01. The highest BCUT2D eigenvalue weighted by Crippen LogP contribution is 2.28. The lowest BCUT2D eigenvalue weighted by atomic mass is 10.0. The van der Waals surface area contributed by atoms with Crippen molar-refractivity contribution < 1.29 is 18.0 Å². The summed E-state index contributed by atoms with van der Waals surface area (Å²) in [6, 6.07) is 6.94. The highest BCUT2D eigenvalue weighted by Gasteiger charge is 2.31. The number of pyridine rings is 1. The topological polar surface area (TPSA) is 51.1 Å². The van der Waals surface area contributed by atoms with Gasteiger partial charge in [-0.05, 0) is 43.5 Å². The van der Waals surface area contributed by atoms with E-state index >= 15 is 0 Å². The van der Waals surface area contributed by atoms with E-state index in [1.807, 2.05) is 32.0 Å². The molecule has 1 unspecified atom stereocenters. The molecular formula is C18H19F3N2O2. The SMILES string of the molecule is Cc1ccc(C(C)NC(=O)Cn2cc(C(F)(F)F)ccc2=O)cc1C. The normalized spacial score (nSPS) is 12.7. The van der Waals surface area contributed by atoms with E-state index in [1.165, 1.54) is 0 Å². The van der Waals surface area contributed by atoms with Gasteiger partial charge in [-0.3, -0.25) is 9.59 Å². The van der Waals surface area contributed by atoms with Gasteiger partial charge in [0.2, 0.25) is 5.91 Å². The Morgan fingerprint density at radius 1 is 1.16 bits per heavy atom. The largest absolute Gasteiger partial charge is 0.417 e. The summed E-state index contributed by atoms with van der Waals surface area (Å²) in [7, 11) is 0. The summed E-state index contributed by atoms with van der Waals surface area (Å²) < 4.78 is 38.9. The van der Waals surface area contributed by atoms with Gasteiger partial charge in [0.05, 0.1) is 11.6 Å². The van der Waals surface area contributed by atoms with Crippen LogP contribution in [-0.4, -0.2) is 10.5 Å². The maximum absolute atomic E-state index is 12.7. The second kappa shape index (κ2) is 7.13. The number of hydrogen-bond acceptors (Lipinski definition) is 2. The van der Waals surface area contributed by atoms with Gasteiger partial charge in [0.25, 0.3) is 5.56 Å². The van der Waals surface area contributed by atoms with Crippen molar-refractivity contribution in [1.82, 2.24) is 9.88 Å². The number of amides is 1. The van der Waals surface area contributed by atoms with Crippen molar-refractivity contribution in [2.45, 2.75) is 39.5 Å². The Bertz CT molecular complexity index is 841. The third-order valence-electron chi connectivity index (χ3n) is 4.03. The van der Waals surface area contributed by atoms with Crippen LogP contribution in [0, 0.1) is 13.8 Å². The number of hydrogen-bond donors (Lipinski definition) is 1. The van der Waals surface area contributed by atoms with Gasteiger partial charge >= 0.3 is 6.18 Å². The van der Waals surface area contributed by atoms with Crippen molar-refractivity contribution >= 4 is 5.91 Å². The Kier molecular flexibility index (Phi) is 5.35. The second-order valence-electron chi connectivity index (χ2n) is 6.01. The minimum Gasteiger partial charge on any atom is -0.348 e. The van der Waals surface area contributed by atoms with Gasteiger partial charge in [-0.1, -0.05) is 18.2 Å². The van der Waals surface area contributed by atoms with Gasteiger partial charge < -0.3 is 9.88 Å². The third-order valence-corrected chi connectivity index (χ3v) is 4.03. The molecule has 4 nitrogen and oxygen atoms in total. The number of halogens is 3. The average molecular weight is 352 g/mol. The molecular weight excluding hydrogens is 333 g/mol. The summed E-state index contributed by atoms with van der Waals surface area (Å²) in [6.45, 7) is 5.23. The average Bonchev–Trinajstić information content (AvgIpc) is 2.50. The van der Waals surface area contributed by atoms with Crippen molar-refractivity contribution in [2.75, 3.05) is 0 Å². The van der Waals surface area contributed by atoms with Crippen molar-refractivity contribution in [3.8, 4) is 0 Å². The van der Waals surface area contributed by atoms with Gasteiger partial charge in [-0.2, -0.15) is 13.2 Å². The van der Waals surface area contributed by atoms with Crippen LogP contribution in [0.3, 0.4) is 0 Å². The molecule has 0 spiro atoms. The highest BCUT2D eigenvalue weighted by atomic mass is 19.4. The zero-order valence-electron chi connectivity index (χ0n) is 14.1. The zero-order chi connectivity index (χ0) is 18.8. The Hall–Kier alpha value is -2.57. The van der Waals surface area contributed by atoms with Crippen LogP contribution < -0.4 is 10.9 Å². The molecule has 0 saturated carbocycles. The molecule has 134 valence electrons. The lowest BCUT2D eigenvalue weighted by molar-refractivity contribution is -0.138. The van der Waals surface area contributed by atoms with Gasteiger partial charge in [0, 0.05) is 12.3 Å². The first kappa shape index (κ1) is 18.8. The van der Waals surface area contributed by atoms with Crippen LogP contribution in [0.5, 0.6) is 0 Å². The van der Waals surface area contributed by atoms with Gasteiger partial charge in [-0.15, -0.1) is 0 Å². The lowest BCUT2D eigenvalue weighted by Gasteiger charge is -2.16. The third kappa shape index (κ3) is 4.71. The minimum absolute atomic E-state index is 0.326. The maximum Gasteiger partial charge on any atom is 0.417 e. The molecule has 0 aliphatic heterocycles. The zero-order valence-corrected chi connectivity index (χ0v) is 14.1. The number of aryl methyl sites for hydroxylation is 2. The van der Waals surface area contributed by atoms with E-state index in [0.717, 1.165) is 27.3 Å². The monoisotopic (exact) mass is 352 g/mol. The van der Waals surface area contributed by atoms with E-state index in [2.05, 4.69) is 5.32 Å². The molecule has 0 aliphatic carbocycles. The standard InChI is InChI=1S/C18H19F3N2O2/c1-11-4-5-14(8-12(11)2)13(3)22-16(24)10-23-9-15(18(19,20)21)6-7-17(23)25/h4-9,13H,10H2,1-3H3,(H,22,24). The molecule has 1 heterocycles. The summed E-state index contributed by atoms with van der Waals surface area (Å²) in [4.78, 5) is 23.8. The number of rotatable bonds is 4. The summed E-state index contributed by atoms with van der Waals surface area (Å²) in [5, 5.41) is 2.70. The van der Waals surface area contributed by atoms with Crippen LogP contribution in [0.2, 0.25) is 0 Å². The van der Waals surface area contributed by atoms with Crippen LogP contribution >= 0.6 is 0 Å². The molecule has 0 saturated heterocycles. The molecule has 25 heavy (non-hydrogen) atoms. The quantitative estimate of drug-likeness (QED) is 0.917. The van der Waals surface area contributed by atoms with Crippen molar-refractivity contribution in [1.29, 1.82) is 0 Å². The summed E-state index contributed by atoms with van der Waals surface area (Å²) in [6.07, 6.45) is -3.92. The van der Waals surface area contributed by atoms with Crippen LogP contribution in [0.15, 0.2) is 41.3 Å². The van der Waals surface area contributed by atoms with Crippen LogP contribution in [0.25, 0.3) is 0 Å². The number of aromatic nitrogens is 1. The Labute approximate surface area is 143 Å². The number of nitrogens with one attached hydrogen (secondary N) is 1. The minimum atomic E-state index is -4.57. The number of carbonyl (C=O) groups excluding carboxylic acids is 1. The predicted octanol–water partition coefficient (Wildman–Crippen LogP) is 3.36. The number of benzene rings is 1. The van der Waals surface area contributed by atoms with Gasteiger partial charge in [-0.25, -0.2) is 0 Å². The molecule has 1 N–H and O–H groups in total. The molecule has 1 aromatic heterocycles. The molecule has 0 fully saturated rings. The molecule has 1 aromatic carbocycles. The van der Waals surface area contributed by atoms with Crippen molar-refractivity contribution in [3.63, 3.8) is 0 Å². The van der Waals surface area contributed by atoms with E-state index in [9.17, 15) is 22.8 Å². The Balaban J connectivity index is 2.12. The predicted molar refractivity (Wildman–Crippen MR) is 88.2 cm³/mol. The number of alkyl halides is 3.